The van der Waals surface area contributed by atoms with Crippen LogP contribution >= 0.6 is 7.82 Å². The second-order valence-electron chi connectivity index (χ2n) is 24.8. The Morgan fingerprint density at radius 3 is 0.901 bits per heavy atom. The zero-order valence-electron chi connectivity index (χ0n) is 58.8. The Morgan fingerprint density at radius 2 is 0.604 bits per heavy atom. The molecule has 0 radical (unpaired) electrons. The van der Waals surface area contributed by atoms with Crippen LogP contribution in [0.2, 0.25) is 0 Å². The Bertz CT molecular complexity index is 1960. The monoisotopic (exact) mass is 1290 g/mol. The minimum absolute atomic E-state index is 0.0499. The third kappa shape index (κ3) is 75.1. The lowest BCUT2D eigenvalue weighted by Crippen LogP contribution is -2.29. The van der Waals surface area contributed by atoms with Crippen molar-refractivity contribution in [1.82, 2.24) is 0 Å². The van der Waals surface area contributed by atoms with Crippen LogP contribution in [0.15, 0.2) is 134 Å². The number of nitrogens with two attached hydrogens (primary N) is 1. The molecule has 2 atom stereocenters. The molecular formula is C81H140NO8P. The maximum Gasteiger partial charge on any atom is 0.472 e. The van der Waals surface area contributed by atoms with Crippen LogP contribution in [0.25, 0.3) is 0 Å². The van der Waals surface area contributed by atoms with E-state index in [1.165, 1.54) is 199 Å². The molecular weight excluding hydrogens is 1150 g/mol. The van der Waals surface area contributed by atoms with Gasteiger partial charge in [0.05, 0.1) is 13.2 Å². The van der Waals surface area contributed by atoms with E-state index in [0.29, 0.717) is 6.42 Å². The Morgan fingerprint density at radius 1 is 0.341 bits per heavy atom. The summed E-state index contributed by atoms with van der Waals surface area (Å²) < 4.78 is 33.2. The van der Waals surface area contributed by atoms with Crippen LogP contribution in [0.5, 0.6) is 0 Å². The highest BCUT2D eigenvalue weighted by atomic mass is 31.2. The smallest absolute Gasteiger partial charge is 0.462 e. The van der Waals surface area contributed by atoms with E-state index in [1.807, 2.05) is 0 Å². The molecule has 9 nitrogen and oxygen atoms in total. The Balaban J connectivity index is 3.86. The lowest BCUT2D eigenvalue weighted by Gasteiger charge is -2.19. The quantitative estimate of drug-likeness (QED) is 0.0264. The molecule has 0 aromatic rings. The average Bonchev–Trinajstić information content (AvgIpc) is 3.74. The summed E-state index contributed by atoms with van der Waals surface area (Å²) in [6, 6.07) is 0. The molecule has 0 heterocycles. The molecule has 0 saturated heterocycles. The van der Waals surface area contributed by atoms with Gasteiger partial charge in [0.25, 0.3) is 0 Å². The second-order valence-corrected chi connectivity index (χ2v) is 26.2. The molecule has 10 heteroatoms. The predicted molar refractivity (Wildman–Crippen MR) is 394 cm³/mol. The first-order chi connectivity index (χ1) is 44.8. The first-order valence-corrected chi connectivity index (χ1v) is 39.2. The molecule has 0 aliphatic carbocycles. The third-order valence-corrected chi connectivity index (χ3v) is 17.0. The molecule has 0 saturated carbocycles. The number of esters is 2. The van der Waals surface area contributed by atoms with Crippen molar-refractivity contribution in [1.29, 1.82) is 0 Å². The van der Waals surface area contributed by atoms with Crippen LogP contribution in [0, 0.1) is 0 Å². The molecule has 0 spiro atoms. The van der Waals surface area contributed by atoms with Gasteiger partial charge in [-0.15, -0.1) is 0 Å². The van der Waals surface area contributed by atoms with Crippen LogP contribution in [-0.4, -0.2) is 49.3 Å². The van der Waals surface area contributed by atoms with E-state index in [2.05, 4.69) is 148 Å². The molecule has 91 heavy (non-hydrogen) atoms. The number of allylic oxidation sites excluding steroid dienone is 22. The van der Waals surface area contributed by atoms with Gasteiger partial charge in [0.1, 0.15) is 6.61 Å². The minimum atomic E-state index is -4.40. The van der Waals surface area contributed by atoms with E-state index in [4.69, 9.17) is 24.3 Å². The fourth-order valence-electron chi connectivity index (χ4n) is 10.5. The number of carbonyl (C=O) groups is 2. The number of phosphoric ester groups is 1. The van der Waals surface area contributed by atoms with Gasteiger partial charge in [-0.3, -0.25) is 18.6 Å². The van der Waals surface area contributed by atoms with Crippen molar-refractivity contribution in [2.24, 2.45) is 5.73 Å². The summed E-state index contributed by atoms with van der Waals surface area (Å²) in [4.78, 5) is 35.4. The molecule has 0 aromatic heterocycles. The summed E-state index contributed by atoms with van der Waals surface area (Å²) >= 11 is 0. The van der Waals surface area contributed by atoms with E-state index >= 15 is 0 Å². The van der Waals surface area contributed by atoms with E-state index in [9.17, 15) is 19.0 Å². The molecule has 0 aliphatic heterocycles. The summed E-state index contributed by atoms with van der Waals surface area (Å²) in [5.74, 6) is -0.822. The zero-order valence-corrected chi connectivity index (χ0v) is 59.7. The van der Waals surface area contributed by atoms with Crippen LogP contribution < -0.4 is 5.73 Å². The molecule has 522 valence electrons. The number of ether oxygens (including phenoxy) is 2. The van der Waals surface area contributed by atoms with Gasteiger partial charge in [-0.25, -0.2) is 4.57 Å². The van der Waals surface area contributed by atoms with Crippen molar-refractivity contribution in [3.05, 3.63) is 134 Å². The van der Waals surface area contributed by atoms with Crippen molar-refractivity contribution in [3.63, 3.8) is 0 Å². The van der Waals surface area contributed by atoms with E-state index in [0.717, 1.165) is 103 Å². The van der Waals surface area contributed by atoms with E-state index in [-0.39, 0.29) is 38.6 Å². The Kier molecular flexibility index (Phi) is 72.0. The first kappa shape index (κ1) is 87.2. The highest BCUT2D eigenvalue weighted by Crippen LogP contribution is 2.43. The lowest BCUT2D eigenvalue weighted by molar-refractivity contribution is -0.161. The standard InChI is InChI=1S/C81H140NO8P/c1-3-5-7-9-11-13-15-17-19-21-23-25-27-29-31-33-34-35-36-37-38-39-40-41-42-43-44-46-48-50-52-54-56-58-60-62-64-66-68-70-72-74-81(84)90-79(78-89-91(85,86)88-76-75-82)77-87-80(83)73-71-69-67-65-63-61-59-57-55-53-51-49-47-45-32-30-28-26-24-22-20-18-16-14-12-10-8-6-4-2/h5,7,11,13,16-19,22-25,28-31,34-35,37-38,40-41,79H,3-4,6,8-10,12,14-15,20-21,26-27,32-33,36,39,42-78,82H2,1-2H3,(H,85,86)/b7-5-,13-11-,18-16-,19-17-,24-22-,25-23-,30-28-,31-29-,35-34-,38-37-,41-40-. The molecule has 0 aromatic carbocycles. The Labute approximate surface area is 561 Å². The fraction of sp³-hybridized carbons (Fsp3) is 0.704. The number of rotatable bonds is 70. The van der Waals surface area contributed by atoms with Gasteiger partial charge >= 0.3 is 19.8 Å². The predicted octanol–water partition coefficient (Wildman–Crippen LogP) is 25.2. The summed E-state index contributed by atoms with van der Waals surface area (Å²) in [6.45, 7) is 3.65. The number of carbonyl (C=O) groups excluding carboxylic acids is 2. The van der Waals surface area contributed by atoms with Crippen molar-refractivity contribution in [3.8, 4) is 0 Å². The van der Waals surface area contributed by atoms with Crippen molar-refractivity contribution in [2.75, 3.05) is 26.4 Å². The molecule has 0 fully saturated rings. The number of hydrogen-bond acceptors (Lipinski definition) is 8. The summed E-state index contributed by atoms with van der Waals surface area (Å²) in [7, 11) is -4.40. The van der Waals surface area contributed by atoms with E-state index < -0.39 is 26.5 Å². The molecule has 2 unspecified atom stereocenters. The lowest BCUT2D eigenvalue weighted by atomic mass is 10.0. The molecule has 0 rings (SSSR count). The van der Waals surface area contributed by atoms with Gasteiger partial charge < -0.3 is 20.1 Å². The minimum Gasteiger partial charge on any atom is -0.462 e. The Hall–Kier alpha value is -3.85. The third-order valence-electron chi connectivity index (χ3n) is 16.0. The van der Waals surface area contributed by atoms with Gasteiger partial charge in [0.15, 0.2) is 6.10 Å². The maximum absolute atomic E-state index is 12.8. The number of hydrogen-bond donors (Lipinski definition) is 2. The zero-order chi connectivity index (χ0) is 65.8. The number of unbranched alkanes of at least 4 members (excludes halogenated alkanes) is 35. The van der Waals surface area contributed by atoms with Gasteiger partial charge in [-0.2, -0.15) is 0 Å². The molecule has 3 N–H and O–H groups in total. The topological polar surface area (TPSA) is 134 Å². The normalized spacial score (nSPS) is 13.7. The highest BCUT2D eigenvalue weighted by molar-refractivity contribution is 7.47. The summed E-state index contributed by atoms with van der Waals surface area (Å²) in [6.07, 6.45) is 107. The van der Waals surface area contributed by atoms with Gasteiger partial charge in [-0.05, 0) is 116 Å². The highest BCUT2D eigenvalue weighted by Gasteiger charge is 2.26. The van der Waals surface area contributed by atoms with Gasteiger partial charge in [-0.1, -0.05) is 340 Å². The van der Waals surface area contributed by atoms with Gasteiger partial charge in [0, 0.05) is 19.4 Å². The SMILES string of the molecule is CC/C=C\C/C=C\C/C=C\C/C=C\C/C=C\C/C=C\C/C=C\C/C=C\CCCCCCCCCCCCCCCCCCC(=O)OC(COC(=O)CCCCCCCCCCCCCCCC/C=C\C/C=C\C/C=C\CCCCCCC)COP(=O)(O)OCCN. The largest absolute Gasteiger partial charge is 0.472 e. The average molecular weight is 1290 g/mol. The first-order valence-electron chi connectivity index (χ1n) is 37.7. The summed E-state index contributed by atoms with van der Waals surface area (Å²) in [5.41, 5.74) is 5.41. The van der Waals surface area contributed by atoms with Crippen LogP contribution in [0.3, 0.4) is 0 Å². The fourth-order valence-corrected chi connectivity index (χ4v) is 11.3. The van der Waals surface area contributed by atoms with E-state index in [1.54, 1.807) is 0 Å². The van der Waals surface area contributed by atoms with Crippen molar-refractivity contribution < 1.29 is 37.6 Å². The summed E-state index contributed by atoms with van der Waals surface area (Å²) in [5, 5.41) is 0. The molecule has 0 amide bonds. The van der Waals surface area contributed by atoms with Crippen LogP contribution in [0.4, 0.5) is 0 Å². The number of phosphoric acid groups is 1. The molecule has 0 aliphatic rings. The second kappa shape index (κ2) is 75.2. The van der Waals surface area contributed by atoms with Crippen molar-refractivity contribution >= 4 is 19.8 Å². The van der Waals surface area contributed by atoms with Crippen molar-refractivity contribution in [2.45, 2.75) is 341 Å². The van der Waals surface area contributed by atoms with Gasteiger partial charge in [0.2, 0.25) is 0 Å². The van der Waals surface area contributed by atoms with Crippen LogP contribution in [0.1, 0.15) is 335 Å². The van der Waals surface area contributed by atoms with Crippen LogP contribution in [-0.2, 0) is 32.7 Å². The maximum atomic E-state index is 12.8. The molecule has 0 bridgehead atoms.